The monoisotopic (exact) mass is 194 g/mol. The smallest absolute Gasteiger partial charge is 0.337 e. The molecule has 0 unspecified atom stereocenters. The second-order valence-corrected chi connectivity index (χ2v) is 2.91. The molecule has 0 fully saturated rings. The predicted molar refractivity (Wildman–Crippen MR) is 53.7 cm³/mol. The summed E-state index contributed by atoms with van der Waals surface area (Å²) in [5, 5.41) is 0. The third kappa shape index (κ3) is 2.25. The molecule has 0 aromatic heterocycles. The maximum atomic E-state index is 11.3. The second kappa shape index (κ2) is 4.65. The quantitative estimate of drug-likeness (QED) is 0.691. The summed E-state index contributed by atoms with van der Waals surface area (Å²) >= 11 is 0. The number of hydrogen-bond donors (Lipinski definition) is 0. The van der Waals surface area contributed by atoms with Gasteiger partial charge in [-0.25, -0.2) is 4.79 Å². The predicted octanol–water partition coefficient (Wildman–Crippen LogP) is 2.04. The number of hydrogen-bond acceptors (Lipinski definition) is 3. The molecule has 76 valence electrons. The molecular weight excluding hydrogens is 180 g/mol. The molecule has 3 nitrogen and oxygen atoms in total. The average molecular weight is 194 g/mol. The van der Waals surface area contributed by atoms with Crippen LogP contribution in [0.25, 0.3) is 0 Å². The summed E-state index contributed by atoms with van der Waals surface area (Å²) in [5.41, 5.74) is 1.59. The molecule has 1 aromatic rings. The van der Waals surface area contributed by atoms with E-state index in [1.54, 1.807) is 13.2 Å². The normalized spacial score (nSPS) is 9.64. The number of aryl methyl sites for hydroxylation is 1. The van der Waals surface area contributed by atoms with E-state index in [1.165, 1.54) is 7.11 Å². The molecule has 0 amide bonds. The Labute approximate surface area is 83.6 Å². The van der Waals surface area contributed by atoms with Crippen LogP contribution in [-0.4, -0.2) is 20.2 Å². The maximum absolute atomic E-state index is 11.3. The van der Waals surface area contributed by atoms with E-state index < -0.39 is 0 Å². The lowest BCUT2D eigenvalue weighted by Gasteiger charge is -2.06. The highest BCUT2D eigenvalue weighted by Gasteiger charge is 2.08. The van der Waals surface area contributed by atoms with E-state index in [-0.39, 0.29) is 5.97 Å². The first-order valence-electron chi connectivity index (χ1n) is 4.47. The first-order chi connectivity index (χ1) is 6.71. The summed E-state index contributed by atoms with van der Waals surface area (Å²) in [5.74, 6) is 0.350. The van der Waals surface area contributed by atoms with Crippen LogP contribution in [0.5, 0.6) is 5.75 Å². The van der Waals surface area contributed by atoms with Crippen LogP contribution in [0.15, 0.2) is 18.2 Å². The Morgan fingerprint density at radius 2 is 2.00 bits per heavy atom. The molecule has 0 heterocycles. The highest BCUT2D eigenvalue weighted by molar-refractivity contribution is 5.90. The van der Waals surface area contributed by atoms with Crippen LogP contribution in [0, 0.1) is 0 Å². The molecule has 0 atom stereocenters. The van der Waals surface area contributed by atoms with Crippen molar-refractivity contribution in [3.05, 3.63) is 29.3 Å². The van der Waals surface area contributed by atoms with Crippen molar-refractivity contribution in [3.8, 4) is 5.75 Å². The molecule has 0 aliphatic rings. The standard InChI is InChI=1S/C11H14O3/c1-4-8-5-9(11(12)14-3)7-10(6-8)13-2/h5-7H,4H2,1-3H3. The number of carbonyl (C=O) groups is 1. The Bertz CT molecular complexity index is 309. The van der Waals surface area contributed by atoms with Crippen LogP contribution < -0.4 is 4.74 Å². The Hall–Kier alpha value is -1.51. The molecule has 0 saturated heterocycles. The summed E-state index contributed by atoms with van der Waals surface area (Å²) < 4.78 is 9.72. The lowest BCUT2D eigenvalue weighted by Crippen LogP contribution is -2.02. The molecule has 3 heteroatoms. The van der Waals surface area contributed by atoms with Gasteiger partial charge in [0, 0.05) is 0 Å². The number of methoxy groups -OCH3 is 2. The average Bonchev–Trinajstić information content (AvgIpc) is 2.27. The zero-order chi connectivity index (χ0) is 10.6. The van der Waals surface area contributed by atoms with Crippen LogP contribution in [-0.2, 0) is 11.2 Å². The van der Waals surface area contributed by atoms with Gasteiger partial charge in [-0.2, -0.15) is 0 Å². The summed E-state index contributed by atoms with van der Waals surface area (Å²) in [6.07, 6.45) is 0.862. The topological polar surface area (TPSA) is 35.5 Å². The molecule has 1 aromatic carbocycles. The zero-order valence-electron chi connectivity index (χ0n) is 8.66. The van der Waals surface area contributed by atoms with E-state index in [0.717, 1.165) is 12.0 Å². The van der Waals surface area contributed by atoms with E-state index >= 15 is 0 Å². The fourth-order valence-electron chi connectivity index (χ4n) is 1.22. The number of ether oxygens (including phenoxy) is 2. The van der Waals surface area contributed by atoms with E-state index in [4.69, 9.17) is 4.74 Å². The minimum atomic E-state index is -0.335. The number of carbonyl (C=O) groups excluding carboxylic acids is 1. The van der Waals surface area contributed by atoms with Gasteiger partial charge in [0.05, 0.1) is 19.8 Å². The van der Waals surface area contributed by atoms with Crippen molar-refractivity contribution >= 4 is 5.97 Å². The maximum Gasteiger partial charge on any atom is 0.337 e. The van der Waals surface area contributed by atoms with Crippen LogP contribution >= 0.6 is 0 Å². The van der Waals surface area contributed by atoms with Gasteiger partial charge in [-0.3, -0.25) is 0 Å². The Kier molecular flexibility index (Phi) is 3.51. The number of rotatable bonds is 3. The van der Waals surface area contributed by atoms with Gasteiger partial charge in [0.15, 0.2) is 0 Å². The Morgan fingerprint density at radius 1 is 1.29 bits per heavy atom. The third-order valence-corrected chi connectivity index (χ3v) is 2.03. The van der Waals surface area contributed by atoms with E-state index in [9.17, 15) is 4.79 Å². The molecule has 0 saturated carbocycles. The van der Waals surface area contributed by atoms with Crippen molar-refractivity contribution in [2.45, 2.75) is 13.3 Å². The van der Waals surface area contributed by atoms with Crippen LogP contribution in [0.4, 0.5) is 0 Å². The van der Waals surface area contributed by atoms with Gasteiger partial charge in [0.2, 0.25) is 0 Å². The Morgan fingerprint density at radius 3 is 2.50 bits per heavy atom. The van der Waals surface area contributed by atoms with E-state index in [1.807, 2.05) is 19.1 Å². The van der Waals surface area contributed by atoms with Crippen molar-refractivity contribution in [3.63, 3.8) is 0 Å². The van der Waals surface area contributed by atoms with Gasteiger partial charge in [-0.1, -0.05) is 6.92 Å². The molecule has 1 rings (SSSR count). The summed E-state index contributed by atoms with van der Waals surface area (Å²) in [6.45, 7) is 2.02. The Balaban J connectivity index is 3.10. The molecule has 0 aliphatic heterocycles. The van der Waals surface area contributed by atoms with Gasteiger partial charge < -0.3 is 9.47 Å². The van der Waals surface area contributed by atoms with Crippen LogP contribution in [0.2, 0.25) is 0 Å². The van der Waals surface area contributed by atoms with Gasteiger partial charge in [-0.15, -0.1) is 0 Å². The van der Waals surface area contributed by atoms with Crippen molar-refractivity contribution < 1.29 is 14.3 Å². The minimum absolute atomic E-state index is 0.335. The van der Waals surface area contributed by atoms with Gasteiger partial charge in [0.25, 0.3) is 0 Å². The van der Waals surface area contributed by atoms with Crippen LogP contribution in [0.3, 0.4) is 0 Å². The molecule has 0 N–H and O–H groups in total. The fraction of sp³-hybridized carbons (Fsp3) is 0.364. The van der Waals surface area contributed by atoms with Crippen LogP contribution in [0.1, 0.15) is 22.8 Å². The van der Waals surface area contributed by atoms with E-state index in [0.29, 0.717) is 11.3 Å². The number of benzene rings is 1. The lowest BCUT2D eigenvalue weighted by molar-refractivity contribution is 0.0600. The van der Waals surface area contributed by atoms with Gasteiger partial charge in [-0.05, 0) is 30.2 Å². The summed E-state index contributed by atoms with van der Waals surface area (Å²) in [6, 6.07) is 5.39. The molecule has 0 aliphatic carbocycles. The third-order valence-electron chi connectivity index (χ3n) is 2.03. The first-order valence-corrected chi connectivity index (χ1v) is 4.47. The largest absolute Gasteiger partial charge is 0.497 e. The molecule has 14 heavy (non-hydrogen) atoms. The van der Waals surface area contributed by atoms with Gasteiger partial charge in [0.1, 0.15) is 5.75 Å². The number of esters is 1. The molecule has 0 radical (unpaired) electrons. The zero-order valence-corrected chi connectivity index (χ0v) is 8.66. The molecule has 0 spiro atoms. The highest BCUT2D eigenvalue weighted by Crippen LogP contribution is 2.17. The first kappa shape index (κ1) is 10.6. The summed E-state index contributed by atoms with van der Waals surface area (Å²) in [7, 11) is 2.95. The van der Waals surface area contributed by atoms with Crippen molar-refractivity contribution in [1.29, 1.82) is 0 Å². The second-order valence-electron chi connectivity index (χ2n) is 2.91. The van der Waals surface area contributed by atoms with Crippen molar-refractivity contribution in [1.82, 2.24) is 0 Å². The molecule has 0 bridgehead atoms. The van der Waals surface area contributed by atoms with Gasteiger partial charge >= 0.3 is 5.97 Å². The van der Waals surface area contributed by atoms with E-state index in [2.05, 4.69) is 4.74 Å². The summed E-state index contributed by atoms with van der Waals surface area (Å²) in [4.78, 5) is 11.3. The van der Waals surface area contributed by atoms with Crippen molar-refractivity contribution in [2.24, 2.45) is 0 Å². The minimum Gasteiger partial charge on any atom is -0.497 e. The van der Waals surface area contributed by atoms with Crippen molar-refractivity contribution in [2.75, 3.05) is 14.2 Å². The lowest BCUT2D eigenvalue weighted by atomic mass is 10.1. The SMILES string of the molecule is CCc1cc(OC)cc(C(=O)OC)c1. The fourth-order valence-corrected chi connectivity index (χ4v) is 1.22. The highest BCUT2D eigenvalue weighted by atomic mass is 16.5. The molecular formula is C11H14O3.